The number of hydrogen-bond acceptors (Lipinski definition) is 3. The van der Waals surface area contributed by atoms with E-state index in [4.69, 9.17) is 15.2 Å². The van der Waals surface area contributed by atoms with Gasteiger partial charge in [-0.15, -0.1) is 0 Å². The molecule has 0 radical (unpaired) electrons. The fraction of sp³-hybridized carbons (Fsp3) is 0.625. The smallest absolute Gasteiger partial charge is 0.141 e. The van der Waals surface area contributed by atoms with Crippen LogP contribution in [0.5, 0.6) is 11.5 Å². The Balaban J connectivity index is 2.59. The molecule has 20 heavy (non-hydrogen) atoms. The van der Waals surface area contributed by atoms with Gasteiger partial charge in [0.15, 0.2) is 0 Å². The summed E-state index contributed by atoms with van der Waals surface area (Å²) >= 11 is 3.63. The molecule has 0 amide bonds. The lowest BCUT2D eigenvalue weighted by molar-refractivity contribution is 0.287. The fourth-order valence-corrected chi connectivity index (χ4v) is 3.96. The molecule has 1 saturated carbocycles. The molecule has 0 aliphatic heterocycles. The second kappa shape index (κ2) is 6.35. The van der Waals surface area contributed by atoms with Gasteiger partial charge < -0.3 is 15.2 Å². The van der Waals surface area contributed by atoms with Crippen molar-refractivity contribution >= 4 is 15.9 Å². The molecule has 0 aromatic heterocycles. The van der Waals surface area contributed by atoms with E-state index in [-0.39, 0.29) is 5.54 Å². The summed E-state index contributed by atoms with van der Waals surface area (Å²) in [7, 11) is 3.39. The number of rotatable bonds is 4. The highest BCUT2D eigenvalue weighted by molar-refractivity contribution is 9.10. The monoisotopic (exact) mass is 341 g/mol. The van der Waals surface area contributed by atoms with Crippen molar-refractivity contribution < 1.29 is 9.47 Å². The molecule has 112 valence electrons. The third-order valence-corrected chi connectivity index (χ3v) is 5.05. The van der Waals surface area contributed by atoms with Gasteiger partial charge in [0.05, 0.1) is 14.2 Å². The second-order valence-electron chi connectivity index (χ2n) is 5.53. The number of nitrogens with two attached hydrogens (primary N) is 1. The van der Waals surface area contributed by atoms with Crippen LogP contribution in [0, 0.1) is 0 Å². The first-order valence-corrected chi connectivity index (χ1v) is 8.09. The van der Waals surface area contributed by atoms with Crippen LogP contribution in [0.15, 0.2) is 10.5 Å². The van der Waals surface area contributed by atoms with Crippen LogP contribution in [0.25, 0.3) is 0 Å². The average Bonchev–Trinajstić information content (AvgIpc) is 2.46. The zero-order valence-corrected chi connectivity index (χ0v) is 14.2. The van der Waals surface area contributed by atoms with Crippen molar-refractivity contribution in [3.05, 3.63) is 21.7 Å². The fourth-order valence-electron chi connectivity index (χ4n) is 3.17. The predicted molar refractivity (Wildman–Crippen MR) is 85.6 cm³/mol. The van der Waals surface area contributed by atoms with Gasteiger partial charge in [-0.25, -0.2) is 0 Å². The van der Waals surface area contributed by atoms with E-state index in [0.29, 0.717) is 0 Å². The zero-order chi connectivity index (χ0) is 14.8. The van der Waals surface area contributed by atoms with Gasteiger partial charge in [0, 0.05) is 11.1 Å². The molecule has 0 saturated heterocycles. The van der Waals surface area contributed by atoms with Crippen molar-refractivity contribution in [1.29, 1.82) is 0 Å². The van der Waals surface area contributed by atoms with Gasteiger partial charge in [-0.1, -0.05) is 26.2 Å². The molecule has 0 bridgehead atoms. The van der Waals surface area contributed by atoms with Gasteiger partial charge >= 0.3 is 0 Å². The van der Waals surface area contributed by atoms with Crippen molar-refractivity contribution in [1.82, 2.24) is 0 Å². The Morgan fingerprint density at radius 1 is 1.15 bits per heavy atom. The summed E-state index contributed by atoms with van der Waals surface area (Å²) in [5, 5.41) is 0. The molecule has 4 heteroatoms. The van der Waals surface area contributed by atoms with Crippen molar-refractivity contribution in [2.45, 2.75) is 51.0 Å². The quantitative estimate of drug-likeness (QED) is 0.894. The Morgan fingerprint density at radius 2 is 1.75 bits per heavy atom. The highest BCUT2D eigenvalue weighted by atomic mass is 79.9. The van der Waals surface area contributed by atoms with Crippen LogP contribution >= 0.6 is 15.9 Å². The largest absolute Gasteiger partial charge is 0.495 e. The lowest BCUT2D eigenvalue weighted by atomic mass is 9.76. The van der Waals surface area contributed by atoms with Crippen molar-refractivity contribution in [3.8, 4) is 11.5 Å². The van der Waals surface area contributed by atoms with Gasteiger partial charge in [-0.05, 0) is 46.8 Å². The number of halogens is 1. The summed E-state index contributed by atoms with van der Waals surface area (Å²) in [5.41, 5.74) is 8.71. The van der Waals surface area contributed by atoms with Crippen LogP contribution < -0.4 is 15.2 Å². The maximum Gasteiger partial charge on any atom is 0.141 e. The third-order valence-electron chi connectivity index (χ3n) is 4.32. The van der Waals surface area contributed by atoms with E-state index in [1.807, 2.05) is 0 Å². The molecule has 0 unspecified atom stereocenters. The minimum Gasteiger partial charge on any atom is -0.495 e. The Labute approximate surface area is 130 Å². The molecular weight excluding hydrogens is 318 g/mol. The first kappa shape index (κ1) is 15.6. The Hall–Kier alpha value is -0.740. The molecule has 1 aliphatic carbocycles. The van der Waals surface area contributed by atoms with Gasteiger partial charge in [0.25, 0.3) is 0 Å². The minimum absolute atomic E-state index is 0.275. The molecular formula is C16H24BrNO2. The number of hydrogen-bond donors (Lipinski definition) is 1. The molecule has 3 nitrogen and oxygen atoms in total. The number of methoxy groups -OCH3 is 2. The lowest BCUT2D eigenvalue weighted by Gasteiger charge is -2.36. The summed E-state index contributed by atoms with van der Waals surface area (Å²) in [6, 6.07) is 2.17. The van der Waals surface area contributed by atoms with Gasteiger partial charge in [-0.3, -0.25) is 0 Å². The molecule has 1 fully saturated rings. The normalized spacial score (nSPS) is 17.9. The standard InChI is InChI=1S/C16H24BrNO2/c1-4-11-10-12(16(18)8-6-5-7-9-16)15(20-3)13(17)14(11)19-2/h10H,4-9,18H2,1-3H3. The first-order valence-electron chi connectivity index (χ1n) is 7.30. The Kier molecular flexibility index (Phi) is 4.97. The molecule has 1 aliphatic rings. The molecule has 0 atom stereocenters. The van der Waals surface area contributed by atoms with Gasteiger partial charge in [0.1, 0.15) is 16.0 Å². The summed E-state index contributed by atoms with van der Waals surface area (Å²) in [6.07, 6.45) is 6.60. The molecule has 2 N–H and O–H groups in total. The molecule has 2 rings (SSSR count). The van der Waals surface area contributed by atoms with Crippen LogP contribution in [0.3, 0.4) is 0 Å². The highest BCUT2D eigenvalue weighted by Crippen LogP contribution is 2.47. The van der Waals surface area contributed by atoms with Crippen LogP contribution in [-0.4, -0.2) is 14.2 Å². The SMILES string of the molecule is CCc1cc(C2(N)CCCCC2)c(OC)c(Br)c1OC. The molecule has 0 heterocycles. The highest BCUT2D eigenvalue weighted by Gasteiger charge is 2.34. The first-order chi connectivity index (χ1) is 9.57. The second-order valence-corrected chi connectivity index (χ2v) is 6.33. The van der Waals surface area contributed by atoms with Crippen LogP contribution in [0.1, 0.15) is 50.2 Å². The van der Waals surface area contributed by atoms with E-state index in [2.05, 4.69) is 28.9 Å². The number of aryl methyl sites for hydroxylation is 1. The summed E-state index contributed by atoms with van der Waals surface area (Å²) in [6.45, 7) is 2.13. The summed E-state index contributed by atoms with van der Waals surface area (Å²) in [5.74, 6) is 1.68. The summed E-state index contributed by atoms with van der Waals surface area (Å²) < 4.78 is 12.0. The van der Waals surface area contributed by atoms with E-state index in [9.17, 15) is 0 Å². The maximum atomic E-state index is 6.70. The topological polar surface area (TPSA) is 44.5 Å². The van der Waals surface area contributed by atoms with Crippen LogP contribution in [0.2, 0.25) is 0 Å². The Morgan fingerprint density at radius 3 is 2.25 bits per heavy atom. The van der Waals surface area contributed by atoms with E-state index < -0.39 is 0 Å². The van der Waals surface area contributed by atoms with Crippen LogP contribution in [0.4, 0.5) is 0 Å². The zero-order valence-electron chi connectivity index (χ0n) is 12.6. The predicted octanol–water partition coefficient (Wildman–Crippen LogP) is 4.15. The Bertz CT molecular complexity index is 482. The van der Waals surface area contributed by atoms with Crippen molar-refractivity contribution in [2.75, 3.05) is 14.2 Å². The number of benzene rings is 1. The minimum atomic E-state index is -0.275. The van der Waals surface area contributed by atoms with E-state index in [1.54, 1.807) is 14.2 Å². The maximum absolute atomic E-state index is 6.70. The molecule has 0 spiro atoms. The van der Waals surface area contributed by atoms with Crippen LogP contribution in [-0.2, 0) is 12.0 Å². The van der Waals surface area contributed by atoms with E-state index in [1.165, 1.54) is 24.8 Å². The van der Waals surface area contributed by atoms with Gasteiger partial charge in [-0.2, -0.15) is 0 Å². The average molecular weight is 342 g/mol. The van der Waals surface area contributed by atoms with Crippen molar-refractivity contribution in [3.63, 3.8) is 0 Å². The molecule has 1 aromatic rings. The van der Waals surface area contributed by atoms with E-state index >= 15 is 0 Å². The van der Waals surface area contributed by atoms with Crippen molar-refractivity contribution in [2.24, 2.45) is 5.73 Å². The van der Waals surface area contributed by atoms with E-state index in [0.717, 1.165) is 40.8 Å². The van der Waals surface area contributed by atoms with Gasteiger partial charge in [0.2, 0.25) is 0 Å². The molecule has 1 aromatic carbocycles. The lowest BCUT2D eigenvalue weighted by Crippen LogP contribution is -2.39. The number of ether oxygens (including phenoxy) is 2. The third kappa shape index (κ3) is 2.68. The summed E-state index contributed by atoms with van der Waals surface area (Å²) in [4.78, 5) is 0.